The van der Waals surface area contributed by atoms with Crippen molar-refractivity contribution in [1.82, 2.24) is 0 Å². The topological polar surface area (TPSA) is 49.3 Å². The summed E-state index contributed by atoms with van der Waals surface area (Å²) in [5.74, 6) is -0.976. The van der Waals surface area contributed by atoms with Gasteiger partial charge in [0.15, 0.2) is 0 Å². The maximum atomic E-state index is 13.3. The number of hydrogen-bond donors (Lipinski definition) is 2. The first-order valence-electron chi connectivity index (χ1n) is 4.46. The van der Waals surface area contributed by atoms with E-state index in [1.807, 2.05) is 0 Å². The van der Waals surface area contributed by atoms with Crippen molar-refractivity contribution >= 4 is 11.7 Å². The molecule has 0 bridgehead atoms. The van der Waals surface area contributed by atoms with Gasteiger partial charge in [-0.25, -0.2) is 13.6 Å². The van der Waals surface area contributed by atoms with Crippen LogP contribution in [0.2, 0.25) is 0 Å². The number of carboxylic acids is 1. The first-order chi connectivity index (χ1) is 7.56. The normalized spacial score (nSPS) is 9.56. The molecule has 0 aliphatic heterocycles. The van der Waals surface area contributed by atoms with Crippen molar-refractivity contribution in [3.05, 3.63) is 29.3 Å². The van der Waals surface area contributed by atoms with E-state index in [0.29, 0.717) is 6.42 Å². The SMILES string of the molecule is C#CCCNc1c(F)cc(C(=O)O)cc1F. The van der Waals surface area contributed by atoms with Gasteiger partial charge in [0.1, 0.15) is 17.3 Å². The summed E-state index contributed by atoms with van der Waals surface area (Å²) in [6.07, 6.45) is 5.30. The van der Waals surface area contributed by atoms with Crippen LogP contribution in [-0.2, 0) is 0 Å². The van der Waals surface area contributed by atoms with Crippen LogP contribution in [0.4, 0.5) is 14.5 Å². The number of halogens is 2. The number of benzene rings is 1. The van der Waals surface area contributed by atoms with Gasteiger partial charge in [0.05, 0.1) is 5.56 Å². The Morgan fingerprint density at radius 1 is 1.44 bits per heavy atom. The van der Waals surface area contributed by atoms with E-state index in [4.69, 9.17) is 11.5 Å². The Morgan fingerprint density at radius 3 is 2.44 bits per heavy atom. The molecule has 16 heavy (non-hydrogen) atoms. The molecule has 0 fully saturated rings. The standard InChI is InChI=1S/C11H9F2NO2/c1-2-3-4-14-10-8(12)5-7(11(15)16)6-9(10)13/h1,5-6,14H,3-4H2,(H,15,16). The maximum absolute atomic E-state index is 13.3. The zero-order valence-corrected chi connectivity index (χ0v) is 8.26. The molecule has 0 aliphatic carbocycles. The molecular formula is C11H9F2NO2. The van der Waals surface area contributed by atoms with Gasteiger partial charge in [-0.2, -0.15) is 0 Å². The van der Waals surface area contributed by atoms with Gasteiger partial charge in [0.2, 0.25) is 0 Å². The van der Waals surface area contributed by atoms with Crippen LogP contribution in [0.25, 0.3) is 0 Å². The number of aromatic carboxylic acids is 1. The van der Waals surface area contributed by atoms with E-state index >= 15 is 0 Å². The largest absolute Gasteiger partial charge is 0.478 e. The van der Waals surface area contributed by atoms with Gasteiger partial charge >= 0.3 is 5.97 Å². The van der Waals surface area contributed by atoms with Crippen molar-refractivity contribution in [2.24, 2.45) is 0 Å². The van der Waals surface area contributed by atoms with Crippen molar-refractivity contribution in [3.8, 4) is 12.3 Å². The zero-order valence-electron chi connectivity index (χ0n) is 8.26. The van der Waals surface area contributed by atoms with Crippen LogP contribution < -0.4 is 5.32 Å². The average Bonchev–Trinajstić information content (AvgIpc) is 2.21. The van der Waals surface area contributed by atoms with Gasteiger partial charge in [-0.3, -0.25) is 0 Å². The van der Waals surface area contributed by atoms with Crippen LogP contribution in [-0.4, -0.2) is 17.6 Å². The quantitative estimate of drug-likeness (QED) is 0.609. The molecule has 1 rings (SSSR count). The second-order valence-electron chi connectivity index (χ2n) is 3.00. The van der Waals surface area contributed by atoms with Gasteiger partial charge in [0.25, 0.3) is 0 Å². The maximum Gasteiger partial charge on any atom is 0.335 e. The molecule has 84 valence electrons. The molecule has 0 spiro atoms. The fraction of sp³-hybridized carbons (Fsp3) is 0.182. The Bertz CT molecular complexity index is 429. The van der Waals surface area contributed by atoms with Crippen molar-refractivity contribution in [2.75, 3.05) is 11.9 Å². The number of carbonyl (C=O) groups is 1. The highest BCUT2D eigenvalue weighted by Crippen LogP contribution is 2.20. The van der Waals surface area contributed by atoms with E-state index in [2.05, 4.69) is 11.2 Å². The fourth-order valence-electron chi connectivity index (χ4n) is 1.13. The molecule has 0 radical (unpaired) electrons. The highest BCUT2D eigenvalue weighted by atomic mass is 19.1. The lowest BCUT2D eigenvalue weighted by Crippen LogP contribution is -2.07. The molecular weight excluding hydrogens is 216 g/mol. The Kier molecular flexibility index (Phi) is 3.84. The first-order valence-corrected chi connectivity index (χ1v) is 4.46. The molecule has 1 aromatic carbocycles. The minimum atomic E-state index is -1.38. The number of nitrogens with one attached hydrogen (secondary N) is 1. The zero-order chi connectivity index (χ0) is 12.1. The molecule has 2 N–H and O–H groups in total. The number of carboxylic acid groups (broad SMARTS) is 1. The molecule has 0 unspecified atom stereocenters. The van der Waals surface area contributed by atoms with Crippen molar-refractivity contribution in [3.63, 3.8) is 0 Å². The Hall–Kier alpha value is -2.09. The smallest absolute Gasteiger partial charge is 0.335 e. The number of anilines is 1. The summed E-state index contributed by atoms with van der Waals surface area (Å²) >= 11 is 0. The van der Waals surface area contributed by atoms with Gasteiger partial charge in [-0.15, -0.1) is 12.3 Å². The summed E-state index contributed by atoms with van der Waals surface area (Å²) in [5.41, 5.74) is -0.794. The van der Waals surface area contributed by atoms with Crippen LogP contribution in [0.3, 0.4) is 0 Å². The third kappa shape index (κ3) is 2.70. The Labute approximate surface area is 91.1 Å². The third-order valence-corrected chi connectivity index (χ3v) is 1.86. The van der Waals surface area contributed by atoms with Crippen LogP contribution in [0, 0.1) is 24.0 Å². The summed E-state index contributed by atoms with van der Waals surface area (Å²) in [7, 11) is 0. The molecule has 0 atom stereocenters. The number of terminal acetylenes is 1. The number of rotatable bonds is 4. The van der Waals surface area contributed by atoms with E-state index in [1.54, 1.807) is 0 Å². The Balaban J connectivity index is 2.95. The van der Waals surface area contributed by atoms with Gasteiger partial charge in [-0.05, 0) is 12.1 Å². The predicted octanol–water partition coefficient (Wildman–Crippen LogP) is 2.10. The van der Waals surface area contributed by atoms with E-state index in [9.17, 15) is 13.6 Å². The van der Waals surface area contributed by atoms with Gasteiger partial charge < -0.3 is 10.4 Å². The first kappa shape index (κ1) is 12.0. The van der Waals surface area contributed by atoms with Crippen LogP contribution in [0.5, 0.6) is 0 Å². The van der Waals surface area contributed by atoms with E-state index < -0.39 is 23.2 Å². The van der Waals surface area contributed by atoms with E-state index in [1.165, 1.54) is 0 Å². The van der Waals surface area contributed by atoms with E-state index in [0.717, 1.165) is 12.1 Å². The molecule has 0 aromatic heterocycles. The molecule has 0 amide bonds. The molecule has 5 heteroatoms. The molecule has 1 aromatic rings. The van der Waals surface area contributed by atoms with Crippen molar-refractivity contribution in [1.29, 1.82) is 0 Å². The summed E-state index contributed by atoms with van der Waals surface area (Å²) in [6, 6.07) is 1.51. The fourth-order valence-corrected chi connectivity index (χ4v) is 1.13. The monoisotopic (exact) mass is 225 g/mol. The lowest BCUT2D eigenvalue weighted by molar-refractivity contribution is 0.0696. The van der Waals surface area contributed by atoms with E-state index in [-0.39, 0.29) is 12.2 Å². The summed E-state index contributed by atoms with van der Waals surface area (Å²) in [6.45, 7) is 0.219. The predicted molar refractivity (Wildman–Crippen MR) is 55.3 cm³/mol. The Morgan fingerprint density at radius 2 is 2.00 bits per heavy atom. The molecule has 3 nitrogen and oxygen atoms in total. The average molecular weight is 225 g/mol. The number of hydrogen-bond acceptors (Lipinski definition) is 2. The summed E-state index contributed by atoms with van der Waals surface area (Å²) in [5, 5.41) is 11.0. The summed E-state index contributed by atoms with van der Waals surface area (Å²) < 4.78 is 26.6. The van der Waals surface area contributed by atoms with Gasteiger partial charge in [-0.1, -0.05) is 0 Å². The third-order valence-electron chi connectivity index (χ3n) is 1.86. The second-order valence-corrected chi connectivity index (χ2v) is 3.00. The molecule has 0 saturated carbocycles. The molecule has 0 heterocycles. The lowest BCUT2D eigenvalue weighted by Gasteiger charge is -2.07. The minimum absolute atomic E-state index is 0.219. The summed E-state index contributed by atoms with van der Waals surface area (Å²) in [4.78, 5) is 10.5. The van der Waals surface area contributed by atoms with Crippen LogP contribution in [0.15, 0.2) is 12.1 Å². The molecule has 0 aliphatic rings. The van der Waals surface area contributed by atoms with Gasteiger partial charge in [0, 0.05) is 13.0 Å². The highest BCUT2D eigenvalue weighted by molar-refractivity contribution is 5.88. The molecule has 0 saturated heterocycles. The van der Waals surface area contributed by atoms with Crippen LogP contribution in [0.1, 0.15) is 16.8 Å². The van der Waals surface area contributed by atoms with Crippen molar-refractivity contribution < 1.29 is 18.7 Å². The van der Waals surface area contributed by atoms with Crippen molar-refractivity contribution in [2.45, 2.75) is 6.42 Å². The second kappa shape index (κ2) is 5.12. The van der Waals surface area contributed by atoms with Crippen LogP contribution >= 0.6 is 0 Å². The lowest BCUT2D eigenvalue weighted by atomic mass is 10.2. The minimum Gasteiger partial charge on any atom is -0.478 e. The highest BCUT2D eigenvalue weighted by Gasteiger charge is 2.13.